The summed E-state index contributed by atoms with van der Waals surface area (Å²) < 4.78 is 5.73. The first-order valence-electron chi connectivity index (χ1n) is 10.4. The first-order chi connectivity index (χ1) is 14.8. The molecule has 1 aromatic heterocycles. The van der Waals surface area contributed by atoms with E-state index < -0.39 is 23.5 Å². The third-order valence-corrected chi connectivity index (χ3v) is 5.87. The molecule has 4 rings (SSSR count). The minimum atomic E-state index is -0.669. The van der Waals surface area contributed by atoms with E-state index in [1.807, 2.05) is 31.2 Å². The summed E-state index contributed by atoms with van der Waals surface area (Å²) in [4.78, 5) is 27.8. The van der Waals surface area contributed by atoms with Gasteiger partial charge in [0.1, 0.15) is 5.58 Å². The molecule has 6 heteroatoms. The Morgan fingerprint density at radius 2 is 1.87 bits per heavy atom. The zero-order chi connectivity index (χ0) is 22.3. The Morgan fingerprint density at radius 3 is 2.52 bits per heavy atom. The predicted molar refractivity (Wildman–Crippen MR) is 120 cm³/mol. The van der Waals surface area contributed by atoms with Crippen LogP contribution in [0.5, 0.6) is 0 Å². The maximum absolute atomic E-state index is 13.4. The summed E-state index contributed by atoms with van der Waals surface area (Å²) >= 11 is 6.04. The van der Waals surface area contributed by atoms with E-state index in [-0.39, 0.29) is 11.3 Å². The van der Waals surface area contributed by atoms with Gasteiger partial charge >= 0.3 is 0 Å². The molecule has 2 aromatic carbocycles. The number of hydrogen-bond acceptors (Lipinski definition) is 4. The van der Waals surface area contributed by atoms with E-state index in [2.05, 4.69) is 13.8 Å². The number of aliphatic hydroxyl groups excluding tert-OH is 1. The molecule has 1 atom stereocenters. The molecule has 1 N–H and O–H groups in total. The van der Waals surface area contributed by atoms with Crippen LogP contribution in [0.4, 0.5) is 0 Å². The minimum Gasteiger partial charge on any atom is -0.503 e. The van der Waals surface area contributed by atoms with E-state index in [4.69, 9.17) is 16.0 Å². The third kappa shape index (κ3) is 3.74. The zero-order valence-corrected chi connectivity index (χ0v) is 18.4. The monoisotopic (exact) mass is 437 g/mol. The lowest BCUT2D eigenvalue weighted by molar-refractivity contribution is -0.129. The molecular formula is C25H24ClNO4. The molecule has 0 radical (unpaired) electrons. The summed E-state index contributed by atoms with van der Waals surface area (Å²) in [6.45, 7) is 6.58. The highest BCUT2D eigenvalue weighted by Crippen LogP contribution is 2.40. The number of fused-ring (bicyclic) bond motifs is 1. The molecule has 2 heterocycles. The topological polar surface area (TPSA) is 70.8 Å². The second kappa shape index (κ2) is 8.23. The van der Waals surface area contributed by atoms with Gasteiger partial charge in [-0.05, 0) is 47.7 Å². The van der Waals surface area contributed by atoms with Crippen molar-refractivity contribution in [3.63, 3.8) is 0 Å². The Kier molecular flexibility index (Phi) is 5.63. The first-order valence-corrected chi connectivity index (χ1v) is 10.8. The van der Waals surface area contributed by atoms with Gasteiger partial charge in [0.05, 0.1) is 11.6 Å². The fraction of sp³-hybridized carbons (Fsp3) is 0.280. The summed E-state index contributed by atoms with van der Waals surface area (Å²) in [5.74, 6) is -1.14. The third-order valence-electron chi connectivity index (χ3n) is 5.63. The van der Waals surface area contributed by atoms with E-state index in [9.17, 15) is 14.7 Å². The number of amides is 1. The predicted octanol–water partition coefficient (Wildman–Crippen LogP) is 6.20. The second-order valence-electron chi connectivity index (χ2n) is 8.11. The molecule has 0 aliphatic carbocycles. The van der Waals surface area contributed by atoms with E-state index in [1.54, 1.807) is 29.2 Å². The molecule has 0 spiro atoms. The summed E-state index contributed by atoms with van der Waals surface area (Å²) in [7, 11) is 0. The maximum atomic E-state index is 13.4. The molecule has 1 aliphatic rings. The molecule has 1 amide bonds. The summed E-state index contributed by atoms with van der Waals surface area (Å²) in [6, 6.07) is 13.8. The van der Waals surface area contributed by atoms with Crippen LogP contribution < -0.4 is 0 Å². The Bertz CT molecular complexity index is 1190. The molecule has 5 nitrogen and oxygen atoms in total. The molecule has 1 aliphatic heterocycles. The van der Waals surface area contributed by atoms with Crippen molar-refractivity contribution >= 4 is 34.3 Å². The van der Waals surface area contributed by atoms with Crippen molar-refractivity contribution in [2.75, 3.05) is 6.54 Å². The Balaban J connectivity index is 1.79. The fourth-order valence-electron chi connectivity index (χ4n) is 4.03. The number of benzene rings is 2. The lowest BCUT2D eigenvalue weighted by Gasteiger charge is -2.26. The molecule has 0 saturated carbocycles. The molecular weight excluding hydrogens is 414 g/mol. The minimum absolute atomic E-state index is 0.0425. The number of carbonyl (C=O) groups excluding carboxylic acids is 2. The van der Waals surface area contributed by atoms with Gasteiger partial charge in [-0.2, -0.15) is 0 Å². The van der Waals surface area contributed by atoms with Gasteiger partial charge in [0.25, 0.3) is 5.91 Å². The Hall–Kier alpha value is -3.05. The highest BCUT2D eigenvalue weighted by molar-refractivity contribution is 6.31. The smallest absolute Gasteiger partial charge is 0.290 e. The highest BCUT2D eigenvalue weighted by Gasteiger charge is 2.44. The van der Waals surface area contributed by atoms with Gasteiger partial charge < -0.3 is 14.4 Å². The van der Waals surface area contributed by atoms with E-state index in [1.165, 1.54) is 0 Å². The second-order valence-corrected chi connectivity index (χ2v) is 8.54. The zero-order valence-electron chi connectivity index (χ0n) is 17.7. The van der Waals surface area contributed by atoms with Crippen molar-refractivity contribution in [2.45, 2.75) is 39.2 Å². The molecule has 31 heavy (non-hydrogen) atoms. The van der Waals surface area contributed by atoms with Crippen LogP contribution >= 0.6 is 11.6 Å². The maximum Gasteiger partial charge on any atom is 0.290 e. The summed E-state index contributed by atoms with van der Waals surface area (Å²) in [5.41, 5.74) is 2.49. The van der Waals surface area contributed by atoms with Crippen LogP contribution in [0, 0.1) is 0 Å². The van der Waals surface area contributed by atoms with E-state index >= 15 is 0 Å². The largest absolute Gasteiger partial charge is 0.503 e. The number of ketones is 1. The normalized spacial score (nSPS) is 16.7. The van der Waals surface area contributed by atoms with Crippen LogP contribution in [-0.4, -0.2) is 28.2 Å². The Labute approximate surface area is 185 Å². The lowest BCUT2D eigenvalue weighted by Crippen LogP contribution is -2.31. The van der Waals surface area contributed by atoms with Crippen LogP contribution in [-0.2, 0) is 4.79 Å². The quantitative estimate of drug-likeness (QED) is 0.466. The number of carbonyl (C=O) groups is 2. The van der Waals surface area contributed by atoms with Crippen molar-refractivity contribution in [1.29, 1.82) is 0 Å². The lowest BCUT2D eigenvalue weighted by atomic mass is 9.93. The van der Waals surface area contributed by atoms with Gasteiger partial charge in [0.2, 0.25) is 5.78 Å². The first kappa shape index (κ1) is 21.2. The van der Waals surface area contributed by atoms with Gasteiger partial charge in [0.15, 0.2) is 11.5 Å². The van der Waals surface area contributed by atoms with Crippen LogP contribution in [0.2, 0.25) is 5.02 Å². The number of nitrogens with zero attached hydrogens (tertiary/aromatic N) is 1. The number of rotatable bonds is 6. The van der Waals surface area contributed by atoms with Crippen molar-refractivity contribution in [2.24, 2.45) is 0 Å². The van der Waals surface area contributed by atoms with Crippen molar-refractivity contribution in [3.8, 4) is 0 Å². The molecule has 0 saturated heterocycles. The Morgan fingerprint density at radius 1 is 1.16 bits per heavy atom. The molecule has 0 bridgehead atoms. The van der Waals surface area contributed by atoms with Crippen molar-refractivity contribution in [1.82, 2.24) is 4.90 Å². The van der Waals surface area contributed by atoms with Crippen LogP contribution in [0.15, 0.2) is 64.3 Å². The standard InChI is InChI=1S/C25H24ClNO4/c1-4-11-27-22(16-7-5-15(6-8-16)14(2)3)21(24(29)25(27)30)23(28)20-13-17-12-18(26)9-10-19(17)31-20/h5-10,12-14,22,29H,4,11H2,1-3H3. The average Bonchev–Trinajstić information content (AvgIpc) is 3.27. The SMILES string of the molecule is CCCN1C(=O)C(O)=C(C(=O)c2cc3cc(Cl)ccc3o2)C1c1ccc(C(C)C)cc1. The van der Waals surface area contributed by atoms with E-state index in [0.717, 1.165) is 11.1 Å². The van der Waals surface area contributed by atoms with Gasteiger partial charge in [0, 0.05) is 17.0 Å². The van der Waals surface area contributed by atoms with Gasteiger partial charge in [-0.1, -0.05) is 56.6 Å². The number of Topliss-reactive ketones (excluding diaryl/α,β-unsaturated/α-hetero) is 1. The fourth-order valence-corrected chi connectivity index (χ4v) is 4.21. The summed E-state index contributed by atoms with van der Waals surface area (Å²) in [6.07, 6.45) is 0.699. The van der Waals surface area contributed by atoms with Crippen molar-refractivity contribution in [3.05, 3.63) is 81.8 Å². The van der Waals surface area contributed by atoms with Gasteiger partial charge in [-0.25, -0.2) is 0 Å². The van der Waals surface area contributed by atoms with Gasteiger partial charge in [-0.15, -0.1) is 0 Å². The summed E-state index contributed by atoms with van der Waals surface area (Å²) in [5, 5.41) is 11.9. The van der Waals surface area contributed by atoms with E-state index in [0.29, 0.717) is 34.9 Å². The molecule has 1 unspecified atom stereocenters. The number of furan rings is 1. The van der Waals surface area contributed by atoms with Crippen LogP contribution in [0.25, 0.3) is 11.0 Å². The van der Waals surface area contributed by atoms with Crippen LogP contribution in [0.1, 0.15) is 60.8 Å². The number of halogens is 1. The van der Waals surface area contributed by atoms with Crippen LogP contribution in [0.3, 0.4) is 0 Å². The average molecular weight is 438 g/mol. The number of hydrogen-bond donors (Lipinski definition) is 1. The van der Waals surface area contributed by atoms with Crippen molar-refractivity contribution < 1.29 is 19.1 Å². The number of aliphatic hydroxyl groups is 1. The highest BCUT2D eigenvalue weighted by atomic mass is 35.5. The molecule has 3 aromatic rings. The molecule has 0 fully saturated rings. The van der Waals surface area contributed by atoms with Gasteiger partial charge in [-0.3, -0.25) is 9.59 Å². The molecule has 160 valence electrons.